The first-order valence-corrected chi connectivity index (χ1v) is 7.43. The summed E-state index contributed by atoms with van der Waals surface area (Å²) < 4.78 is 28.6. The lowest BCUT2D eigenvalue weighted by atomic mass is 10.2. The number of halogens is 2. The first-order valence-electron chi connectivity index (χ1n) is 6.55. The molecule has 0 atom stereocenters. The van der Waals surface area contributed by atoms with Crippen LogP contribution in [0.5, 0.6) is 5.75 Å². The molecular weight excluding hydrogens is 312 g/mol. The van der Waals surface area contributed by atoms with Crippen LogP contribution in [0.3, 0.4) is 0 Å². The van der Waals surface area contributed by atoms with E-state index in [-0.39, 0.29) is 18.2 Å². The molecule has 0 unspecified atom stereocenters. The highest BCUT2D eigenvalue weighted by Gasteiger charge is 2.10. The Hall–Kier alpha value is -2.06. The molecule has 3 N–H and O–H groups in total. The topological polar surface area (TPSA) is 77.2 Å². The zero-order chi connectivity index (χ0) is 15.9. The minimum atomic E-state index is -2.87. The maximum atomic E-state index is 12.1. The Balaban J connectivity index is 1.92. The number of benzene rings is 1. The van der Waals surface area contributed by atoms with Gasteiger partial charge in [0.25, 0.3) is 5.91 Å². The summed E-state index contributed by atoms with van der Waals surface area (Å²) in [6.45, 7) is -2.20. The minimum absolute atomic E-state index is 0.0561. The summed E-state index contributed by atoms with van der Waals surface area (Å²) in [6, 6.07) is 6.17. The van der Waals surface area contributed by atoms with E-state index in [2.05, 4.69) is 15.0 Å². The van der Waals surface area contributed by atoms with E-state index in [0.29, 0.717) is 24.2 Å². The van der Waals surface area contributed by atoms with Crippen molar-refractivity contribution in [1.29, 1.82) is 0 Å². The molecule has 1 aromatic heterocycles. The summed E-state index contributed by atoms with van der Waals surface area (Å²) in [5, 5.41) is 5.15. The lowest BCUT2D eigenvalue weighted by molar-refractivity contribution is -0.0498. The summed E-state index contributed by atoms with van der Waals surface area (Å²) in [6.07, 6.45) is 0.630. The van der Waals surface area contributed by atoms with Gasteiger partial charge in [0, 0.05) is 18.3 Å². The zero-order valence-corrected chi connectivity index (χ0v) is 12.4. The van der Waals surface area contributed by atoms with Crippen LogP contribution >= 0.6 is 11.3 Å². The molecule has 0 saturated carbocycles. The summed E-state index contributed by atoms with van der Waals surface area (Å²) in [7, 11) is 0. The van der Waals surface area contributed by atoms with Crippen molar-refractivity contribution in [2.45, 2.75) is 19.6 Å². The van der Waals surface area contributed by atoms with Crippen LogP contribution < -0.4 is 15.8 Å². The largest absolute Gasteiger partial charge is 0.435 e. The van der Waals surface area contributed by atoms with Crippen LogP contribution in [-0.4, -0.2) is 24.0 Å². The highest BCUT2D eigenvalue weighted by atomic mass is 32.1. The summed E-state index contributed by atoms with van der Waals surface area (Å²) >= 11 is 1.38. The second-order valence-corrected chi connectivity index (χ2v) is 5.32. The number of nitrogens with one attached hydrogen (secondary N) is 1. The normalized spacial score (nSPS) is 10.7. The smallest absolute Gasteiger partial charge is 0.387 e. The number of hydrogen-bond donors (Lipinski definition) is 2. The molecule has 1 aromatic carbocycles. The highest BCUT2D eigenvalue weighted by molar-refractivity contribution is 7.09. The van der Waals surface area contributed by atoms with E-state index in [9.17, 15) is 13.6 Å². The molecule has 0 spiro atoms. The van der Waals surface area contributed by atoms with E-state index >= 15 is 0 Å². The number of amides is 1. The van der Waals surface area contributed by atoms with E-state index in [1.54, 1.807) is 17.5 Å². The third-order valence-electron chi connectivity index (χ3n) is 2.72. The molecule has 0 bridgehead atoms. The first-order chi connectivity index (χ1) is 10.6. The number of hydrogen-bond acceptors (Lipinski definition) is 5. The fourth-order valence-electron chi connectivity index (χ4n) is 1.76. The lowest BCUT2D eigenvalue weighted by Gasteiger charge is -2.07. The summed E-state index contributed by atoms with van der Waals surface area (Å²) in [4.78, 5) is 16.1. The van der Waals surface area contributed by atoms with Gasteiger partial charge >= 0.3 is 6.61 Å². The first kappa shape index (κ1) is 16.3. The van der Waals surface area contributed by atoms with Gasteiger partial charge in [0.15, 0.2) is 0 Å². The number of nitrogens with zero attached hydrogens (tertiary/aromatic N) is 1. The van der Waals surface area contributed by atoms with E-state index in [1.165, 1.54) is 23.5 Å². The maximum absolute atomic E-state index is 12.1. The fraction of sp³-hybridized carbons (Fsp3) is 0.286. The average molecular weight is 327 g/mol. The molecule has 8 heteroatoms. The molecule has 0 aliphatic carbocycles. The van der Waals surface area contributed by atoms with Gasteiger partial charge in [0.1, 0.15) is 11.4 Å². The van der Waals surface area contributed by atoms with Gasteiger partial charge in [-0.2, -0.15) is 8.78 Å². The van der Waals surface area contributed by atoms with E-state index in [4.69, 9.17) is 5.73 Å². The molecular formula is C14H15F2N3O2S. The van der Waals surface area contributed by atoms with Gasteiger partial charge in [0.05, 0.1) is 5.01 Å². The Morgan fingerprint density at radius 2 is 2.27 bits per heavy atom. The molecule has 22 heavy (non-hydrogen) atoms. The summed E-state index contributed by atoms with van der Waals surface area (Å²) in [5.74, 6) is -0.264. The number of ether oxygens (including phenoxy) is 1. The van der Waals surface area contributed by atoms with E-state index in [1.807, 2.05) is 0 Å². The molecule has 1 amide bonds. The van der Waals surface area contributed by atoms with Gasteiger partial charge in [-0.3, -0.25) is 4.79 Å². The van der Waals surface area contributed by atoms with Crippen molar-refractivity contribution in [1.82, 2.24) is 10.3 Å². The third kappa shape index (κ3) is 4.74. The van der Waals surface area contributed by atoms with E-state index in [0.717, 1.165) is 5.01 Å². The Bertz CT molecular complexity index is 634. The second-order valence-electron chi connectivity index (χ2n) is 4.37. The quantitative estimate of drug-likeness (QED) is 0.817. The molecule has 0 fully saturated rings. The van der Waals surface area contributed by atoms with Gasteiger partial charge < -0.3 is 15.8 Å². The number of carbonyl (C=O) groups excluding carboxylic acids is 1. The van der Waals surface area contributed by atoms with Gasteiger partial charge in [-0.1, -0.05) is 12.1 Å². The van der Waals surface area contributed by atoms with Gasteiger partial charge in [-0.25, -0.2) is 4.98 Å². The number of alkyl halides is 2. The third-order valence-corrected chi connectivity index (χ3v) is 3.63. The highest BCUT2D eigenvalue weighted by Crippen LogP contribution is 2.16. The predicted octanol–water partition coefficient (Wildman–Crippen LogP) is 2.18. The Morgan fingerprint density at radius 3 is 3.00 bits per heavy atom. The zero-order valence-electron chi connectivity index (χ0n) is 11.6. The molecule has 1 heterocycles. The Kier molecular flexibility index (Phi) is 5.79. The fourth-order valence-corrected chi connectivity index (χ4v) is 2.55. The number of nitrogens with two attached hydrogens (primary N) is 1. The van der Waals surface area contributed by atoms with Crippen molar-refractivity contribution in [2.75, 3.05) is 6.54 Å². The monoisotopic (exact) mass is 327 g/mol. The number of carbonyl (C=O) groups is 1. The van der Waals surface area contributed by atoms with Crippen LogP contribution in [0.4, 0.5) is 8.78 Å². The minimum Gasteiger partial charge on any atom is -0.435 e. The van der Waals surface area contributed by atoms with Crippen molar-refractivity contribution in [3.63, 3.8) is 0 Å². The van der Waals surface area contributed by atoms with Crippen molar-refractivity contribution in [3.05, 3.63) is 45.9 Å². The Labute approximate surface area is 130 Å². The van der Waals surface area contributed by atoms with Crippen LogP contribution in [0.15, 0.2) is 29.6 Å². The van der Waals surface area contributed by atoms with Crippen LogP contribution in [0.1, 0.15) is 21.1 Å². The SMILES string of the molecule is NCCc1nc(C(=O)NCc2cccc(OC(F)F)c2)cs1. The molecule has 118 valence electrons. The number of rotatable bonds is 7. The van der Waals surface area contributed by atoms with Gasteiger partial charge in [-0.15, -0.1) is 11.3 Å². The van der Waals surface area contributed by atoms with E-state index < -0.39 is 6.61 Å². The second kappa shape index (κ2) is 7.81. The average Bonchev–Trinajstić information content (AvgIpc) is 2.94. The van der Waals surface area contributed by atoms with Crippen molar-refractivity contribution < 1.29 is 18.3 Å². The molecule has 0 radical (unpaired) electrons. The standard InChI is InChI=1S/C14H15F2N3O2S/c15-14(16)21-10-3-1-2-9(6-10)7-18-13(20)11-8-22-12(19-11)4-5-17/h1-3,6,8,14H,4-5,7,17H2,(H,18,20). The van der Waals surface area contributed by atoms with Crippen LogP contribution in [0.25, 0.3) is 0 Å². The van der Waals surface area contributed by atoms with Gasteiger partial charge in [-0.05, 0) is 24.2 Å². The number of thiazole rings is 1. The van der Waals surface area contributed by atoms with Crippen molar-refractivity contribution in [3.8, 4) is 5.75 Å². The van der Waals surface area contributed by atoms with Crippen LogP contribution in [0, 0.1) is 0 Å². The number of aromatic nitrogens is 1. The Morgan fingerprint density at radius 1 is 1.45 bits per heavy atom. The molecule has 0 aliphatic rings. The molecule has 0 saturated heterocycles. The molecule has 0 aliphatic heterocycles. The van der Waals surface area contributed by atoms with Crippen molar-refractivity contribution in [2.24, 2.45) is 5.73 Å². The molecule has 2 rings (SSSR count). The van der Waals surface area contributed by atoms with Crippen LogP contribution in [0.2, 0.25) is 0 Å². The predicted molar refractivity (Wildman–Crippen MR) is 79.1 cm³/mol. The molecule has 2 aromatic rings. The van der Waals surface area contributed by atoms with Crippen LogP contribution in [-0.2, 0) is 13.0 Å². The molecule has 5 nitrogen and oxygen atoms in total. The summed E-state index contributed by atoms with van der Waals surface area (Å²) in [5.41, 5.74) is 6.41. The van der Waals surface area contributed by atoms with Crippen molar-refractivity contribution >= 4 is 17.2 Å². The maximum Gasteiger partial charge on any atom is 0.387 e. The lowest BCUT2D eigenvalue weighted by Crippen LogP contribution is -2.23. The van der Waals surface area contributed by atoms with Gasteiger partial charge in [0.2, 0.25) is 0 Å².